The predicted octanol–water partition coefficient (Wildman–Crippen LogP) is 0.0392. The lowest BCUT2D eigenvalue weighted by atomic mass is 9.95. The van der Waals surface area contributed by atoms with Gasteiger partial charge in [0.05, 0.1) is 5.92 Å². The predicted molar refractivity (Wildman–Crippen MR) is 61.4 cm³/mol. The highest BCUT2D eigenvalue weighted by molar-refractivity contribution is 5.79. The van der Waals surface area contributed by atoms with Gasteiger partial charge in [0.1, 0.15) is 0 Å². The van der Waals surface area contributed by atoms with Crippen LogP contribution in [-0.2, 0) is 4.79 Å². The second-order valence-electron chi connectivity index (χ2n) is 4.64. The van der Waals surface area contributed by atoms with Crippen molar-refractivity contribution in [3.8, 4) is 0 Å². The Morgan fingerprint density at radius 2 is 2.00 bits per heavy atom. The van der Waals surface area contributed by atoms with Crippen LogP contribution in [0.4, 0.5) is 0 Å². The highest BCUT2D eigenvalue weighted by Crippen LogP contribution is 2.13. The number of nitrogens with one attached hydrogen (secondary N) is 1. The summed E-state index contributed by atoms with van der Waals surface area (Å²) in [6.45, 7) is 8.21. The quantitative estimate of drug-likeness (QED) is 0.693. The molecule has 1 rings (SSSR count). The molecule has 0 aliphatic carbocycles. The van der Waals surface area contributed by atoms with Crippen molar-refractivity contribution in [3.05, 3.63) is 0 Å². The van der Waals surface area contributed by atoms with Gasteiger partial charge in [0.2, 0.25) is 5.91 Å². The van der Waals surface area contributed by atoms with Crippen LogP contribution in [0.3, 0.4) is 0 Å². The van der Waals surface area contributed by atoms with Crippen LogP contribution in [0.2, 0.25) is 0 Å². The van der Waals surface area contributed by atoms with E-state index in [1.165, 1.54) is 0 Å². The molecule has 88 valence electrons. The van der Waals surface area contributed by atoms with E-state index < -0.39 is 0 Å². The number of hydrogen-bond acceptors (Lipinski definition) is 3. The topological polar surface area (TPSA) is 58.4 Å². The molecule has 0 spiro atoms. The van der Waals surface area contributed by atoms with Crippen molar-refractivity contribution in [1.29, 1.82) is 0 Å². The van der Waals surface area contributed by atoms with Crippen molar-refractivity contribution in [1.82, 2.24) is 10.2 Å². The van der Waals surface area contributed by atoms with Crippen molar-refractivity contribution in [2.45, 2.75) is 20.3 Å². The lowest BCUT2D eigenvalue weighted by Crippen LogP contribution is -2.49. The van der Waals surface area contributed by atoms with Gasteiger partial charge >= 0.3 is 0 Å². The maximum atomic E-state index is 12.1. The largest absolute Gasteiger partial charge is 0.340 e. The second kappa shape index (κ2) is 6.08. The second-order valence-corrected chi connectivity index (χ2v) is 4.64. The molecule has 0 aromatic rings. The van der Waals surface area contributed by atoms with E-state index in [1.54, 1.807) is 0 Å². The van der Waals surface area contributed by atoms with E-state index in [4.69, 9.17) is 5.73 Å². The van der Waals surface area contributed by atoms with E-state index in [2.05, 4.69) is 19.2 Å². The fourth-order valence-electron chi connectivity index (χ4n) is 2.01. The van der Waals surface area contributed by atoms with Gasteiger partial charge in [-0.25, -0.2) is 0 Å². The van der Waals surface area contributed by atoms with Crippen LogP contribution in [0, 0.1) is 11.8 Å². The van der Waals surface area contributed by atoms with Crippen molar-refractivity contribution in [2.24, 2.45) is 17.6 Å². The molecule has 0 saturated carbocycles. The van der Waals surface area contributed by atoms with Crippen LogP contribution < -0.4 is 11.1 Å². The zero-order chi connectivity index (χ0) is 11.3. The van der Waals surface area contributed by atoms with Crippen molar-refractivity contribution in [3.63, 3.8) is 0 Å². The summed E-state index contributed by atoms with van der Waals surface area (Å²) in [4.78, 5) is 14.0. The first-order chi connectivity index (χ1) is 7.15. The van der Waals surface area contributed by atoms with Crippen molar-refractivity contribution < 1.29 is 4.79 Å². The summed E-state index contributed by atoms with van der Waals surface area (Å²) < 4.78 is 0. The molecule has 15 heavy (non-hydrogen) atoms. The van der Waals surface area contributed by atoms with Gasteiger partial charge in [-0.3, -0.25) is 4.79 Å². The summed E-state index contributed by atoms with van der Waals surface area (Å²) in [5, 5.41) is 3.24. The van der Waals surface area contributed by atoms with E-state index in [1.807, 2.05) is 4.90 Å². The third kappa shape index (κ3) is 3.80. The number of rotatable bonds is 4. The van der Waals surface area contributed by atoms with E-state index in [0.29, 0.717) is 12.5 Å². The fourth-order valence-corrected chi connectivity index (χ4v) is 2.01. The Kier molecular flexibility index (Phi) is 5.05. The van der Waals surface area contributed by atoms with Gasteiger partial charge in [-0.05, 0) is 12.3 Å². The maximum Gasteiger partial charge on any atom is 0.227 e. The minimum absolute atomic E-state index is 0.0168. The Labute approximate surface area is 92.2 Å². The molecule has 1 aliphatic rings. The number of piperazine rings is 1. The molecule has 3 N–H and O–H groups in total. The normalized spacial score (nSPS) is 19.3. The Hall–Kier alpha value is -0.610. The highest BCUT2D eigenvalue weighted by Gasteiger charge is 2.24. The molecule has 1 saturated heterocycles. The maximum absolute atomic E-state index is 12.1. The van der Waals surface area contributed by atoms with Crippen molar-refractivity contribution >= 4 is 5.91 Å². The molecule has 4 nitrogen and oxygen atoms in total. The Morgan fingerprint density at radius 1 is 1.40 bits per heavy atom. The zero-order valence-corrected chi connectivity index (χ0v) is 9.83. The molecule has 1 heterocycles. The fraction of sp³-hybridized carbons (Fsp3) is 0.909. The van der Waals surface area contributed by atoms with Crippen LogP contribution in [0.25, 0.3) is 0 Å². The summed E-state index contributed by atoms with van der Waals surface area (Å²) in [7, 11) is 0. The molecule has 1 fully saturated rings. The average Bonchev–Trinajstić information content (AvgIpc) is 2.26. The van der Waals surface area contributed by atoms with E-state index in [0.717, 1.165) is 32.6 Å². The minimum Gasteiger partial charge on any atom is -0.340 e. The molecule has 1 unspecified atom stereocenters. The summed E-state index contributed by atoms with van der Waals surface area (Å²) in [6, 6.07) is 0. The summed E-state index contributed by atoms with van der Waals surface area (Å²) in [6.07, 6.45) is 0.902. The van der Waals surface area contributed by atoms with E-state index >= 15 is 0 Å². The van der Waals surface area contributed by atoms with Crippen molar-refractivity contribution in [2.75, 3.05) is 32.7 Å². The van der Waals surface area contributed by atoms with E-state index in [-0.39, 0.29) is 11.8 Å². The third-order valence-electron chi connectivity index (χ3n) is 2.82. The minimum atomic E-state index is 0.0168. The molecule has 1 aliphatic heterocycles. The van der Waals surface area contributed by atoms with Crippen LogP contribution in [0.15, 0.2) is 0 Å². The lowest BCUT2D eigenvalue weighted by Gasteiger charge is -2.31. The number of nitrogens with zero attached hydrogens (tertiary/aromatic N) is 1. The number of carbonyl (C=O) groups excluding carboxylic acids is 1. The summed E-state index contributed by atoms with van der Waals surface area (Å²) in [5.74, 6) is 0.793. The van der Waals surface area contributed by atoms with Gasteiger partial charge in [-0.2, -0.15) is 0 Å². The molecule has 1 amide bonds. The molecule has 0 aromatic carbocycles. The van der Waals surface area contributed by atoms with E-state index in [9.17, 15) is 4.79 Å². The van der Waals surface area contributed by atoms with Crippen LogP contribution >= 0.6 is 0 Å². The Balaban J connectivity index is 2.47. The van der Waals surface area contributed by atoms with Gasteiger partial charge in [0.15, 0.2) is 0 Å². The number of nitrogens with two attached hydrogens (primary N) is 1. The average molecular weight is 213 g/mol. The zero-order valence-electron chi connectivity index (χ0n) is 9.83. The Morgan fingerprint density at radius 3 is 2.47 bits per heavy atom. The summed E-state index contributed by atoms with van der Waals surface area (Å²) in [5.41, 5.74) is 5.67. The number of hydrogen-bond donors (Lipinski definition) is 2. The molecular weight excluding hydrogens is 190 g/mol. The molecule has 0 radical (unpaired) electrons. The monoisotopic (exact) mass is 213 g/mol. The van der Waals surface area contributed by atoms with Gasteiger partial charge in [-0.15, -0.1) is 0 Å². The summed E-state index contributed by atoms with van der Waals surface area (Å²) >= 11 is 0. The van der Waals surface area contributed by atoms with Crippen LogP contribution in [0.1, 0.15) is 20.3 Å². The third-order valence-corrected chi connectivity index (χ3v) is 2.82. The van der Waals surface area contributed by atoms with Gasteiger partial charge < -0.3 is 16.0 Å². The molecular formula is C11H23N3O. The van der Waals surface area contributed by atoms with Gasteiger partial charge in [0, 0.05) is 32.7 Å². The number of amides is 1. The molecule has 0 bridgehead atoms. The molecule has 0 aromatic heterocycles. The first-order valence-electron chi connectivity index (χ1n) is 5.84. The van der Waals surface area contributed by atoms with Crippen LogP contribution in [0.5, 0.6) is 0 Å². The van der Waals surface area contributed by atoms with Gasteiger partial charge in [0.25, 0.3) is 0 Å². The standard InChI is InChI=1S/C11H23N3O/c1-9(2)7-10(8-12)11(15)14-5-3-13-4-6-14/h9-10,13H,3-8,12H2,1-2H3. The highest BCUT2D eigenvalue weighted by atomic mass is 16.2. The smallest absolute Gasteiger partial charge is 0.227 e. The first-order valence-corrected chi connectivity index (χ1v) is 5.84. The SMILES string of the molecule is CC(C)CC(CN)C(=O)N1CCNCC1. The Bertz CT molecular complexity index is 200. The first kappa shape index (κ1) is 12.5. The van der Waals surface area contributed by atoms with Gasteiger partial charge in [-0.1, -0.05) is 13.8 Å². The van der Waals surface area contributed by atoms with Crippen LogP contribution in [-0.4, -0.2) is 43.5 Å². The lowest BCUT2D eigenvalue weighted by molar-refractivity contribution is -0.136. The molecule has 1 atom stereocenters. The molecule has 4 heteroatoms. The number of carbonyl (C=O) groups is 1.